The molecule has 5 nitrogen and oxygen atoms in total. The van der Waals surface area contributed by atoms with E-state index >= 15 is 0 Å². The smallest absolute Gasteiger partial charge is 0.156 e. The molecule has 1 saturated heterocycles. The lowest BCUT2D eigenvalue weighted by Crippen LogP contribution is -2.33. The number of nitrogens with one attached hydrogen (secondary N) is 2. The van der Waals surface area contributed by atoms with Gasteiger partial charge in [-0.15, -0.1) is 5.10 Å². The summed E-state index contributed by atoms with van der Waals surface area (Å²) in [6.45, 7) is 18.9. The first-order valence-electron chi connectivity index (χ1n) is 14.2. The molecule has 1 aliphatic rings. The molecule has 1 aliphatic heterocycles. The van der Waals surface area contributed by atoms with Crippen LogP contribution in [0.15, 0.2) is 29.8 Å². The van der Waals surface area contributed by atoms with Gasteiger partial charge in [-0.1, -0.05) is 70.3 Å². The SMILES string of the molecule is C/C=c1/c(C)nnc(NCc2cccc(C#N)c2C)/c1=C/C(C)=C/CC.CCC[B]C1(C)CCNC1CC. The second-order valence-corrected chi connectivity index (χ2v) is 10.5. The number of aryl methyl sites for hydroxylation is 1. The molecule has 203 valence electrons. The molecule has 0 amide bonds. The van der Waals surface area contributed by atoms with E-state index in [1.54, 1.807) is 0 Å². The molecule has 6 heteroatoms. The predicted octanol–water partition coefficient (Wildman–Crippen LogP) is 5.98. The van der Waals surface area contributed by atoms with Crippen LogP contribution in [0.1, 0.15) is 89.6 Å². The van der Waals surface area contributed by atoms with Gasteiger partial charge < -0.3 is 10.6 Å². The zero-order chi connectivity index (χ0) is 28.1. The Balaban J connectivity index is 0.000000352. The molecule has 0 bridgehead atoms. The predicted molar refractivity (Wildman–Crippen MR) is 164 cm³/mol. The molecular formula is C32H47BN5. The lowest BCUT2D eigenvalue weighted by atomic mass is 9.47. The van der Waals surface area contributed by atoms with Gasteiger partial charge in [-0.2, -0.15) is 10.4 Å². The fraction of sp³-hybridized carbons (Fsp3) is 0.531. The van der Waals surface area contributed by atoms with E-state index in [2.05, 4.69) is 87.0 Å². The molecule has 1 radical (unpaired) electrons. The van der Waals surface area contributed by atoms with Gasteiger partial charge in [0.1, 0.15) is 7.28 Å². The summed E-state index contributed by atoms with van der Waals surface area (Å²) in [6, 6.07) is 8.75. The average Bonchev–Trinajstić information content (AvgIpc) is 3.29. The molecule has 2 atom stereocenters. The Morgan fingerprint density at radius 3 is 2.63 bits per heavy atom. The second kappa shape index (κ2) is 15.5. The molecule has 0 aliphatic carbocycles. The van der Waals surface area contributed by atoms with Gasteiger partial charge in [0.25, 0.3) is 0 Å². The van der Waals surface area contributed by atoms with Crippen LogP contribution < -0.4 is 21.1 Å². The molecule has 3 rings (SSSR count). The van der Waals surface area contributed by atoms with E-state index in [0.29, 0.717) is 17.4 Å². The van der Waals surface area contributed by atoms with Crippen molar-refractivity contribution in [1.82, 2.24) is 15.5 Å². The van der Waals surface area contributed by atoms with Crippen molar-refractivity contribution in [3.63, 3.8) is 0 Å². The van der Waals surface area contributed by atoms with E-state index in [1.807, 2.05) is 39.0 Å². The summed E-state index contributed by atoms with van der Waals surface area (Å²) in [5, 5.41) is 27.5. The first-order valence-corrected chi connectivity index (χ1v) is 14.2. The monoisotopic (exact) mass is 512 g/mol. The fourth-order valence-electron chi connectivity index (χ4n) is 5.23. The number of hydrogen-bond acceptors (Lipinski definition) is 5. The molecule has 2 unspecified atom stereocenters. The maximum Gasteiger partial charge on any atom is 0.156 e. The van der Waals surface area contributed by atoms with Gasteiger partial charge in [0.2, 0.25) is 0 Å². The first-order chi connectivity index (χ1) is 18.2. The Kier molecular flexibility index (Phi) is 12.8. The lowest BCUT2D eigenvalue weighted by molar-refractivity contribution is 0.482. The van der Waals surface area contributed by atoms with Gasteiger partial charge in [-0.25, -0.2) is 0 Å². The van der Waals surface area contributed by atoms with Crippen molar-refractivity contribution < 1.29 is 0 Å². The van der Waals surface area contributed by atoms with Crippen LogP contribution in [0.25, 0.3) is 12.2 Å². The average molecular weight is 513 g/mol. The molecule has 2 heterocycles. The van der Waals surface area contributed by atoms with Crippen molar-refractivity contribution >= 4 is 25.2 Å². The Hall–Kier alpha value is -2.91. The molecule has 1 aromatic heterocycles. The van der Waals surface area contributed by atoms with Crippen LogP contribution in [0.4, 0.5) is 5.82 Å². The maximum atomic E-state index is 9.21. The summed E-state index contributed by atoms with van der Waals surface area (Å²) < 4.78 is 0. The van der Waals surface area contributed by atoms with E-state index in [9.17, 15) is 5.26 Å². The number of anilines is 1. The minimum atomic E-state index is 0.477. The number of nitrogens with zero attached hydrogens (tertiary/aromatic N) is 3. The topological polar surface area (TPSA) is 73.6 Å². The van der Waals surface area contributed by atoms with E-state index in [1.165, 1.54) is 37.7 Å². The third-order valence-electron chi connectivity index (χ3n) is 7.59. The van der Waals surface area contributed by atoms with Crippen molar-refractivity contribution in [2.75, 3.05) is 11.9 Å². The van der Waals surface area contributed by atoms with Crippen LogP contribution in [0, 0.1) is 25.2 Å². The van der Waals surface area contributed by atoms with Gasteiger partial charge in [-0.3, -0.25) is 0 Å². The van der Waals surface area contributed by atoms with Crippen LogP contribution in [-0.2, 0) is 6.54 Å². The minimum Gasteiger partial charge on any atom is -0.364 e. The number of nitriles is 1. The standard InChI is InChI=1S/C22H26N4.C10H21BN/c1-6-9-15(3)12-21-20(7-2)17(5)25-26-22(21)24-14-19-11-8-10-18(13-23)16(19)4;1-4-7-11-10(3)6-8-12-9(10)5-2/h7-12H,6,14H2,1-5H3,(H,24,26);9,12H,4-8H2,1-3H3/b15-9+,20-7-,21-12+;. The fourth-order valence-corrected chi connectivity index (χ4v) is 5.23. The van der Waals surface area contributed by atoms with Crippen molar-refractivity contribution in [2.45, 2.75) is 105 Å². The number of rotatable bonds is 9. The van der Waals surface area contributed by atoms with Crippen molar-refractivity contribution in [2.24, 2.45) is 0 Å². The lowest BCUT2D eigenvalue weighted by Gasteiger charge is -2.29. The largest absolute Gasteiger partial charge is 0.364 e. The third kappa shape index (κ3) is 8.30. The summed E-state index contributed by atoms with van der Waals surface area (Å²) in [5.41, 5.74) is 4.90. The molecule has 1 fully saturated rings. The van der Waals surface area contributed by atoms with Gasteiger partial charge in [0, 0.05) is 23.0 Å². The van der Waals surface area contributed by atoms with Crippen molar-refractivity contribution in [3.05, 3.63) is 62.7 Å². The van der Waals surface area contributed by atoms with Crippen LogP contribution in [-0.4, -0.2) is 30.1 Å². The van der Waals surface area contributed by atoms with Crippen molar-refractivity contribution in [1.29, 1.82) is 5.26 Å². The molecule has 2 aromatic rings. The van der Waals surface area contributed by atoms with Crippen LogP contribution in [0.3, 0.4) is 0 Å². The van der Waals surface area contributed by atoms with Gasteiger partial charge in [-0.05, 0) is 82.1 Å². The van der Waals surface area contributed by atoms with Crippen LogP contribution >= 0.6 is 0 Å². The minimum absolute atomic E-state index is 0.477. The Morgan fingerprint density at radius 2 is 2.00 bits per heavy atom. The first kappa shape index (κ1) is 31.3. The Morgan fingerprint density at radius 1 is 1.24 bits per heavy atom. The number of hydrogen-bond donors (Lipinski definition) is 2. The highest BCUT2D eigenvalue weighted by Gasteiger charge is 2.36. The summed E-state index contributed by atoms with van der Waals surface area (Å²) in [7, 11) is 2.53. The number of aromatic nitrogens is 2. The van der Waals surface area contributed by atoms with E-state index in [0.717, 1.165) is 45.5 Å². The highest BCUT2D eigenvalue weighted by molar-refractivity contribution is 6.40. The highest BCUT2D eigenvalue weighted by atomic mass is 15.2. The molecule has 0 saturated carbocycles. The zero-order valence-corrected chi connectivity index (χ0v) is 24.9. The van der Waals surface area contributed by atoms with Gasteiger partial charge in [0.15, 0.2) is 5.82 Å². The summed E-state index contributed by atoms with van der Waals surface area (Å²) in [4.78, 5) is 0. The molecular weight excluding hydrogens is 465 g/mol. The van der Waals surface area contributed by atoms with Crippen LogP contribution in [0.2, 0.25) is 11.6 Å². The Bertz CT molecular complexity index is 1240. The Labute approximate surface area is 231 Å². The van der Waals surface area contributed by atoms with Crippen molar-refractivity contribution in [3.8, 4) is 6.07 Å². The van der Waals surface area contributed by atoms with Gasteiger partial charge >= 0.3 is 0 Å². The zero-order valence-electron chi connectivity index (χ0n) is 24.9. The summed E-state index contributed by atoms with van der Waals surface area (Å²) in [6.07, 6.45) is 12.6. The van der Waals surface area contributed by atoms with E-state index in [-0.39, 0.29) is 0 Å². The quantitative estimate of drug-likeness (QED) is 0.404. The third-order valence-corrected chi connectivity index (χ3v) is 7.59. The normalized spacial score (nSPS) is 20.1. The van der Waals surface area contributed by atoms with Gasteiger partial charge in [0.05, 0.1) is 17.3 Å². The molecule has 38 heavy (non-hydrogen) atoms. The number of benzene rings is 1. The molecule has 1 aromatic carbocycles. The number of allylic oxidation sites excluding steroid dienone is 2. The second-order valence-electron chi connectivity index (χ2n) is 10.5. The molecule has 0 spiro atoms. The van der Waals surface area contributed by atoms with Crippen LogP contribution in [0.5, 0.6) is 0 Å². The highest BCUT2D eigenvalue weighted by Crippen LogP contribution is 2.39. The van der Waals surface area contributed by atoms with E-state index < -0.39 is 0 Å². The van der Waals surface area contributed by atoms with E-state index in [4.69, 9.17) is 0 Å². The maximum absolute atomic E-state index is 9.21. The molecule has 2 N–H and O–H groups in total. The summed E-state index contributed by atoms with van der Waals surface area (Å²) >= 11 is 0. The summed E-state index contributed by atoms with van der Waals surface area (Å²) in [5.74, 6) is 0.759.